The molecule has 1 aromatic rings. The fraction of sp³-hybridized carbons (Fsp3) is 0.500. The van der Waals surface area contributed by atoms with Crippen LogP contribution in [0.5, 0.6) is 11.5 Å². The molecule has 0 bridgehead atoms. The Morgan fingerprint density at radius 3 is 2.81 bits per heavy atom. The van der Waals surface area contributed by atoms with Gasteiger partial charge in [0, 0.05) is 12.6 Å². The molecule has 0 amide bonds. The van der Waals surface area contributed by atoms with Crippen molar-refractivity contribution in [3.8, 4) is 11.5 Å². The van der Waals surface area contributed by atoms with E-state index >= 15 is 0 Å². The minimum Gasteiger partial charge on any atom is -0.486 e. The Kier molecular flexibility index (Phi) is 3.64. The summed E-state index contributed by atoms with van der Waals surface area (Å²) < 4.78 is 11.0. The predicted octanol–water partition coefficient (Wildman–Crippen LogP) is 1.10. The first-order valence-corrected chi connectivity index (χ1v) is 5.55. The molecule has 88 valence electrons. The SMILES string of the molecule is C[C@@H](NCCO)c1ccc2c(c1)OCCO2. The van der Waals surface area contributed by atoms with Crippen LogP contribution in [0, 0.1) is 0 Å². The van der Waals surface area contributed by atoms with Gasteiger partial charge in [-0.05, 0) is 24.6 Å². The zero-order valence-corrected chi connectivity index (χ0v) is 9.40. The van der Waals surface area contributed by atoms with Gasteiger partial charge in [0.2, 0.25) is 0 Å². The summed E-state index contributed by atoms with van der Waals surface area (Å²) in [5.41, 5.74) is 1.14. The number of hydrogen-bond donors (Lipinski definition) is 2. The van der Waals surface area contributed by atoms with Crippen molar-refractivity contribution < 1.29 is 14.6 Å². The van der Waals surface area contributed by atoms with Crippen molar-refractivity contribution in [1.29, 1.82) is 0 Å². The van der Waals surface area contributed by atoms with Crippen LogP contribution >= 0.6 is 0 Å². The number of benzene rings is 1. The van der Waals surface area contributed by atoms with Crippen molar-refractivity contribution in [2.45, 2.75) is 13.0 Å². The van der Waals surface area contributed by atoms with Gasteiger partial charge in [0.15, 0.2) is 11.5 Å². The van der Waals surface area contributed by atoms with Crippen molar-refractivity contribution in [3.63, 3.8) is 0 Å². The Hall–Kier alpha value is -1.26. The molecule has 1 heterocycles. The molecule has 0 radical (unpaired) electrons. The van der Waals surface area contributed by atoms with Gasteiger partial charge in [-0.1, -0.05) is 6.07 Å². The Balaban J connectivity index is 2.10. The van der Waals surface area contributed by atoms with Gasteiger partial charge in [-0.2, -0.15) is 0 Å². The average molecular weight is 223 g/mol. The maximum absolute atomic E-state index is 8.75. The topological polar surface area (TPSA) is 50.7 Å². The summed E-state index contributed by atoms with van der Waals surface area (Å²) in [6, 6.07) is 6.13. The standard InChI is InChI=1S/C12H17NO3/c1-9(13-4-5-14)10-2-3-11-12(8-10)16-7-6-15-11/h2-3,8-9,13-14H,4-7H2,1H3/t9-/m1/s1. The summed E-state index contributed by atoms with van der Waals surface area (Å²) in [4.78, 5) is 0. The molecule has 0 spiro atoms. The van der Waals surface area contributed by atoms with Crippen LogP contribution in [0.3, 0.4) is 0 Å². The highest BCUT2D eigenvalue weighted by atomic mass is 16.6. The number of rotatable bonds is 4. The zero-order chi connectivity index (χ0) is 11.4. The second-order valence-corrected chi connectivity index (χ2v) is 3.80. The van der Waals surface area contributed by atoms with E-state index in [9.17, 15) is 0 Å². The van der Waals surface area contributed by atoms with Crippen molar-refractivity contribution in [3.05, 3.63) is 23.8 Å². The van der Waals surface area contributed by atoms with Gasteiger partial charge in [-0.25, -0.2) is 0 Å². The van der Waals surface area contributed by atoms with Gasteiger partial charge >= 0.3 is 0 Å². The third kappa shape index (κ3) is 2.46. The summed E-state index contributed by atoms with van der Waals surface area (Å²) >= 11 is 0. The van der Waals surface area contributed by atoms with Gasteiger partial charge in [0.25, 0.3) is 0 Å². The first kappa shape index (κ1) is 11.2. The predicted molar refractivity (Wildman–Crippen MR) is 60.9 cm³/mol. The molecule has 0 fully saturated rings. The zero-order valence-electron chi connectivity index (χ0n) is 9.40. The first-order valence-electron chi connectivity index (χ1n) is 5.55. The van der Waals surface area contributed by atoms with Crippen LogP contribution in [0.2, 0.25) is 0 Å². The number of nitrogens with one attached hydrogen (secondary N) is 1. The van der Waals surface area contributed by atoms with E-state index in [-0.39, 0.29) is 12.6 Å². The molecule has 2 rings (SSSR count). The van der Waals surface area contributed by atoms with Gasteiger partial charge in [-0.3, -0.25) is 0 Å². The molecule has 0 aromatic heterocycles. The molecule has 1 aliphatic rings. The highest BCUT2D eigenvalue weighted by molar-refractivity contribution is 5.44. The molecule has 0 aliphatic carbocycles. The van der Waals surface area contributed by atoms with Crippen molar-refractivity contribution >= 4 is 0 Å². The smallest absolute Gasteiger partial charge is 0.161 e. The Bertz CT molecular complexity index is 354. The average Bonchev–Trinajstić information content (AvgIpc) is 2.35. The van der Waals surface area contributed by atoms with Gasteiger partial charge in [0.1, 0.15) is 13.2 Å². The normalized spacial score (nSPS) is 15.9. The minimum atomic E-state index is 0.148. The summed E-state index contributed by atoms with van der Waals surface area (Å²) in [5, 5.41) is 12.0. The van der Waals surface area contributed by atoms with Gasteiger partial charge in [0.05, 0.1) is 6.61 Å². The minimum absolute atomic E-state index is 0.148. The van der Waals surface area contributed by atoms with E-state index < -0.39 is 0 Å². The van der Waals surface area contributed by atoms with Crippen molar-refractivity contribution in [2.75, 3.05) is 26.4 Å². The van der Waals surface area contributed by atoms with E-state index in [2.05, 4.69) is 12.2 Å². The van der Waals surface area contributed by atoms with Gasteiger partial charge in [-0.15, -0.1) is 0 Å². The van der Waals surface area contributed by atoms with Crippen LogP contribution < -0.4 is 14.8 Å². The lowest BCUT2D eigenvalue weighted by Gasteiger charge is -2.21. The van der Waals surface area contributed by atoms with Crippen LogP contribution in [0.25, 0.3) is 0 Å². The Labute approximate surface area is 95.2 Å². The van der Waals surface area contributed by atoms with Crippen LogP contribution in [-0.4, -0.2) is 31.5 Å². The van der Waals surface area contributed by atoms with Crippen molar-refractivity contribution in [1.82, 2.24) is 5.32 Å². The third-order valence-corrected chi connectivity index (χ3v) is 2.63. The fourth-order valence-electron chi connectivity index (χ4n) is 1.73. The number of aliphatic hydroxyl groups excluding tert-OH is 1. The lowest BCUT2D eigenvalue weighted by molar-refractivity contribution is 0.171. The molecule has 0 saturated carbocycles. The quantitative estimate of drug-likeness (QED) is 0.802. The lowest BCUT2D eigenvalue weighted by atomic mass is 10.1. The highest BCUT2D eigenvalue weighted by Gasteiger charge is 2.13. The molecule has 2 N–H and O–H groups in total. The molecule has 1 aliphatic heterocycles. The van der Waals surface area contributed by atoms with E-state index in [0.29, 0.717) is 19.8 Å². The second kappa shape index (κ2) is 5.18. The fourth-order valence-corrected chi connectivity index (χ4v) is 1.73. The van der Waals surface area contributed by atoms with E-state index in [1.54, 1.807) is 0 Å². The van der Waals surface area contributed by atoms with Crippen LogP contribution in [-0.2, 0) is 0 Å². The van der Waals surface area contributed by atoms with Gasteiger partial charge < -0.3 is 19.9 Å². The number of hydrogen-bond acceptors (Lipinski definition) is 4. The largest absolute Gasteiger partial charge is 0.486 e. The molecule has 1 atom stereocenters. The molecular formula is C12H17NO3. The summed E-state index contributed by atoms with van der Waals surface area (Å²) in [5.74, 6) is 1.62. The van der Waals surface area contributed by atoms with E-state index in [4.69, 9.17) is 14.6 Å². The lowest BCUT2D eigenvalue weighted by Crippen LogP contribution is -2.22. The summed E-state index contributed by atoms with van der Waals surface area (Å²) in [7, 11) is 0. The first-order chi connectivity index (χ1) is 7.81. The van der Waals surface area contributed by atoms with Crippen LogP contribution in [0.15, 0.2) is 18.2 Å². The molecule has 0 saturated heterocycles. The molecule has 4 nitrogen and oxygen atoms in total. The number of fused-ring (bicyclic) bond motifs is 1. The Morgan fingerprint density at radius 1 is 1.31 bits per heavy atom. The maximum Gasteiger partial charge on any atom is 0.161 e. The van der Waals surface area contributed by atoms with Crippen LogP contribution in [0.4, 0.5) is 0 Å². The summed E-state index contributed by atoms with van der Waals surface area (Å²) in [6.07, 6.45) is 0. The molecular weight excluding hydrogens is 206 g/mol. The Morgan fingerprint density at radius 2 is 2.06 bits per heavy atom. The van der Waals surface area contributed by atoms with Crippen LogP contribution in [0.1, 0.15) is 18.5 Å². The number of ether oxygens (including phenoxy) is 2. The van der Waals surface area contributed by atoms with E-state index in [1.807, 2.05) is 18.2 Å². The molecule has 1 aromatic carbocycles. The summed E-state index contributed by atoms with van der Waals surface area (Å²) in [6.45, 7) is 4.02. The third-order valence-electron chi connectivity index (χ3n) is 2.63. The van der Waals surface area contributed by atoms with E-state index in [1.165, 1.54) is 0 Å². The molecule has 16 heavy (non-hydrogen) atoms. The van der Waals surface area contributed by atoms with E-state index in [0.717, 1.165) is 17.1 Å². The maximum atomic E-state index is 8.75. The highest BCUT2D eigenvalue weighted by Crippen LogP contribution is 2.32. The number of aliphatic hydroxyl groups is 1. The molecule has 0 unspecified atom stereocenters. The van der Waals surface area contributed by atoms with Crippen molar-refractivity contribution in [2.24, 2.45) is 0 Å². The molecule has 4 heteroatoms. The second-order valence-electron chi connectivity index (χ2n) is 3.80. The monoisotopic (exact) mass is 223 g/mol.